The SMILES string of the molecule is CCCCCCCC/C=C\CCCCCCCC(=O)C(O)(C(=O)CCCCCCC/C=C\CCCCCCCC)C(O)COC(=O)CCCCCCCCCCCCCCC. The fourth-order valence-electron chi connectivity index (χ4n) is 8.27. The number of rotatable bonds is 49. The largest absolute Gasteiger partial charge is 0.463 e. The van der Waals surface area contributed by atoms with Gasteiger partial charge in [-0.05, 0) is 70.6 Å². The van der Waals surface area contributed by atoms with Crippen LogP contribution in [-0.4, -0.2) is 46.1 Å². The van der Waals surface area contributed by atoms with Crippen LogP contribution in [0.5, 0.6) is 0 Å². The molecular weight excluding hydrogens is 757 g/mol. The number of ether oxygens (including phenoxy) is 1. The highest BCUT2D eigenvalue weighted by Gasteiger charge is 2.49. The number of Topliss-reactive ketones (excluding diaryl/α,β-unsaturated/α-hetero) is 2. The van der Waals surface area contributed by atoms with Gasteiger partial charge in [0, 0.05) is 19.3 Å². The number of aliphatic hydroxyl groups is 2. The molecule has 0 spiro atoms. The number of esters is 1. The van der Waals surface area contributed by atoms with E-state index in [0.29, 0.717) is 19.3 Å². The Morgan fingerprint density at radius 2 is 0.639 bits per heavy atom. The monoisotopic (exact) mass is 859 g/mol. The third-order valence-corrected chi connectivity index (χ3v) is 12.6. The summed E-state index contributed by atoms with van der Waals surface area (Å²) >= 11 is 0. The summed E-state index contributed by atoms with van der Waals surface area (Å²) in [6, 6.07) is 0. The van der Waals surface area contributed by atoms with Gasteiger partial charge in [-0.2, -0.15) is 0 Å². The Labute approximate surface area is 378 Å². The van der Waals surface area contributed by atoms with Crippen molar-refractivity contribution in [2.24, 2.45) is 0 Å². The topological polar surface area (TPSA) is 101 Å². The molecule has 1 unspecified atom stereocenters. The van der Waals surface area contributed by atoms with E-state index in [1.807, 2.05) is 0 Å². The molecule has 0 fully saturated rings. The number of hydrogen-bond donors (Lipinski definition) is 2. The van der Waals surface area contributed by atoms with Gasteiger partial charge in [0.1, 0.15) is 12.7 Å². The van der Waals surface area contributed by atoms with Crippen molar-refractivity contribution in [2.45, 2.75) is 302 Å². The van der Waals surface area contributed by atoms with Crippen LogP contribution in [-0.2, 0) is 19.1 Å². The molecule has 0 aliphatic rings. The van der Waals surface area contributed by atoms with Crippen molar-refractivity contribution in [2.75, 3.05) is 6.61 Å². The summed E-state index contributed by atoms with van der Waals surface area (Å²) in [6.07, 6.45) is 53.0. The van der Waals surface area contributed by atoms with Gasteiger partial charge < -0.3 is 14.9 Å². The maximum absolute atomic E-state index is 13.5. The summed E-state index contributed by atoms with van der Waals surface area (Å²) < 4.78 is 5.36. The maximum Gasteiger partial charge on any atom is 0.305 e. The molecule has 0 saturated heterocycles. The Morgan fingerprint density at radius 3 is 0.934 bits per heavy atom. The lowest BCUT2D eigenvalue weighted by molar-refractivity contribution is -0.172. The lowest BCUT2D eigenvalue weighted by atomic mass is 9.82. The fourth-order valence-corrected chi connectivity index (χ4v) is 8.27. The Balaban J connectivity index is 4.66. The van der Waals surface area contributed by atoms with Crippen LogP contribution in [0.15, 0.2) is 24.3 Å². The van der Waals surface area contributed by atoms with Crippen molar-refractivity contribution < 1.29 is 29.3 Å². The number of carbonyl (C=O) groups is 3. The van der Waals surface area contributed by atoms with Crippen LogP contribution < -0.4 is 0 Å². The van der Waals surface area contributed by atoms with E-state index >= 15 is 0 Å². The Kier molecular flexibility index (Phi) is 44.9. The molecule has 0 bridgehead atoms. The zero-order valence-electron chi connectivity index (χ0n) is 40.8. The summed E-state index contributed by atoms with van der Waals surface area (Å²) in [5.41, 5.74) is -2.54. The van der Waals surface area contributed by atoms with E-state index in [4.69, 9.17) is 4.74 Å². The summed E-state index contributed by atoms with van der Waals surface area (Å²) in [4.78, 5) is 39.6. The Hall–Kier alpha value is -1.79. The number of ketones is 2. The van der Waals surface area contributed by atoms with Gasteiger partial charge in [-0.3, -0.25) is 14.4 Å². The summed E-state index contributed by atoms with van der Waals surface area (Å²) in [6.45, 7) is 6.20. The van der Waals surface area contributed by atoms with Crippen molar-refractivity contribution in [3.05, 3.63) is 24.3 Å². The van der Waals surface area contributed by atoms with Gasteiger partial charge in [-0.15, -0.1) is 0 Å². The molecule has 0 aromatic rings. The number of allylic oxidation sites excluding steroid dienone is 4. The highest BCUT2D eigenvalue weighted by Crippen LogP contribution is 2.23. The van der Waals surface area contributed by atoms with Gasteiger partial charge in [0.15, 0.2) is 11.6 Å². The highest BCUT2D eigenvalue weighted by molar-refractivity contribution is 6.10. The maximum atomic E-state index is 13.5. The first-order valence-corrected chi connectivity index (χ1v) is 26.8. The molecule has 1 atom stereocenters. The average molecular weight is 859 g/mol. The van der Waals surface area contributed by atoms with E-state index in [-0.39, 0.29) is 19.3 Å². The molecule has 0 aromatic carbocycles. The van der Waals surface area contributed by atoms with Crippen LogP contribution in [0, 0.1) is 0 Å². The van der Waals surface area contributed by atoms with Crippen molar-refractivity contribution in [1.29, 1.82) is 0 Å². The molecule has 61 heavy (non-hydrogen) atoms. The lowest BCUT2D eigenvalue weighted by Gasteiger charge is -2.30. The molecule has 0 aliphatic carbocycles. The average Bonchev–Trinajstić information content (AvgIpc) is 3.26. The lowest BCUT2D eigenvalue weighted by Crippen LogP contribution is -2.57. The van der Waals surface area contributed by atoms with E-state index in [9.17, 15) is 24.6 Å². The molecule has 0 aliphatic heterocycles. The van der Waals surface area contributed by atoms with Crippen molar-refractivity contribution in [3.8, 4) is 0 Å². The van der Waals surface area contributed by atoms with Crippen LogP contribution in [0.4, 0.5) is 0 Å². The van der Waals surface area contributed by atoms with Gasteiger partial charge in [0.05, 0.1) is 0 Å². The minimum absolute atomic E-state index is 0.0245. The second-order valence-electron chi connectivity index (χ2n) is 18.5. The van der Waals surface area contributed by atoms with Crippen LogP contribution in [0.1, 0.15) is 290 Å². The normalized spacial score (nSPS) is 12.5. The van der Waals surface area contributed by atoms with Gasteiger partial charge >= 0.3 is 5.97 Å². The Morgan fingerprint density at radius 1 is 0.393 bits per heavy atom. The molecule has 2 N–H and O–H groups in total. The second-order valence-corrected chi connectivity index (χ2v) is 18.5. The molecule has 358 valence electrons. The zero-order valence-corrected chi connectivity index (χ0v) is 40.8. The first-order valence-electron chi connectivity index (χ1n) is 26.8. The number of unbranched alkanes of at least 4 members (excludes halogenated alkanes) is 34. The van der Waals surface area contributed by atoms with Crippen LogP contribution in [0.3, 0.4) is 0 Å². The molecule has 0 heterocycles. The van der Waals surface area contributed by atoms with E-state index in [1.165, 1.54) is 141 Å². The van der Waals surface area contributed by atoms with Gasteiger partial charge in [-0.25, -0.2) is 0 Å². The van der Waals surface area contributed by atoms with Crippen LogP contribution in [0.25, 0.3) is 0 Å². The van der Waals surface area contributed by atoms with Crippen molar-refractivity contribution >= 4 is 17.5 Å². The molecule has 0 amide bonds. The molecule has 6 nitrogen and oxygen atoms in total. The standard InChI is InChI=1S/C55H102O6/c1-4-7-10-13-16-19-22-25-27-30-32-35-38-41-44-47-51(56)55(60,52(57)48-45-42-39-36-33-31-28-26-23-20-17-14-11-8-5-2)53(58)50-61-54(59)49-46-43-40-37-34-29-24-21-18-15-12-9-6-3/h25-28,53,58,60H,4-24,29-50H2,1-3H3/b27-25-,28-26-. The van der Waals surface area contributed by atoms with Crippen LogP contribution >= 0.6 is 0 Å². The van der Waals surface area contributed by atoms with E-state index in [2.05, 4.69) is 45.1 Å². The van der Waals surface area contributed by atoms with E-state index < -0.39 is 35.8 Å². The first kappa shape index (κ1) is 59.2. The van der Waals surface area contributed by atoms with Gasteiger partial charge in [0.2, 0.25) is 5.60 Å². The van der Waals surface area contributed by atoms with Gasteiger partial charge in [0.25, 0.3) is 0 Å². The summed E-state index contributed by atoms with van der Waals surface area (Å²) in [7, 11) is 0. The van der Waals surface area contributed by atoms with Gasteiger partial charge in [-0.1, -0.05) is 225 Å². The molecule has 0 aromatic heterocycles. The number of hydrogen-bond acceptors (Lipinski definition) is 6. The van der Waals surface area contributed by atoms with E-state index in [1.54, 1.807) is 0 Å². The quantitative estimate of drug-likeness (QED) is 0.0273. The highest BCUT2D eigenvalue weighted by atomic mass is 16.5. The smallest absolute Gasteiger partial charge is 0.305 e. The van der Waals surface area contributed by atoms with Crippen LogP contribution in [0.2, 0.25) is 0 Å². The number of aliphatic hydroxyl groups excluding tert-OH is 1. The molecule has 0 saturated carbocycles. The number of carbonyl (C=O) groups excluding carboxylic acids is 3. The Bertz CT molecular complexity index is 981. The third kappa shape index (κ3) is 37.3. The molecule has 0 radical (unpaired) electrons. The fraction of sp³-hybridized carbons (Fsp3) is 0.873. The molecule has 6 heteroatoms. The van der Waals surface area contributed by atoms with Crippen molar-refractivity contribution in [3.63, 3.8) is 0 Å². The predicted octanol–water partition coefficient (Wildman–Crippen LogP) is 16.3. The molecule has 0 rings (SSSR count). The zero-order chi connectivity index (χ0) is 44.8. The molecular formula is C55H102O6. The predicted molar refractivity (Wildman–Crippen MR) is 261 cm³/mol. The first-order chi connectivity index (χ1) is 29.8. The third-order valence-electron chi connectivity index (χ3n) is 12.6. The summed E-state index contributed by atoms with van der Waals surface area (Å²) in [5.74, 6) is -1.76. The second kappa shape index (κ2) is 46.2. The van der Waals surface area contributed by atoms with E-state index in [0.717, 1.165) is 89.9 Å². The minimum atomic E-state index is -2.54. The summed E-state index contributed by atoms with van der Waals surface area (Å²) in [5, 5.41) is 22.7. The van der Waals surface area contributed by atoms with Crippen molar-refractivity contribution in [1.82, 2.24) is 0 Å². The minimum Gasteiger partial charge on any atom is -0.463 e.